The third kappa shape index (κ3) is 12.5. The van der Waals surface area contributed by atoms with E-state index in [1.807, 2.05) is 17.5 Å². The van der Waals surface area contributed by atoms with Crippen molar-refractivity contribution >= 4 is 35.0 Å². The number of methoxy groups -OCH3 is 1. The molecular formula is C38H57N5O8S. The van der Waals surface area contributed by atoms with Crippen LogP contribution in [0.5, 0.6) is 5.75 Å². The molecule has 5 atom stereocenters. The normalized spacial score (nSPS) is 18.4. The monoisotopic (exact) mass is 743 g/mol. The van der Waals surface area contributed by atoms with Crippen LogP contribution in [0.2, 0.25) is 0 Å². The third-order valence-electron chi connectivity index (χ3n) is 10.3. The number of carbonyl (C=O) groups excluding carboxylic acids is 4. The van der Waals surface area contributed by atoms with Gasteiger partial charge in [-0.25, -0.2) is 4.98 Å². The van der Waals surface area contributed by atoms with Gasteiger partial charge in [0.1, 0.15) is 11.8 Å². The van der Waals surface area contributed by atoms with E-state index in [2.05, 4.69) is 20.9 Å². The van der Waals surface area contributed by atoms with Gasteiger partial charge in [-0.1, -0.05) is 44.2 Å². The van der Waals surface area contributed by atoms with Crippen molar-refractivity contribution in [3.8, 4) is 5.75 Å². The molecule has 0 spiro atoms. The Kier molecular flexibility index (Phi) is 15.9. The summed E-state index contributed by atoms with van der Waals surface area (Å²) in [6.07, 6.45) is 4.78. The van der Waals surface area contributed by atoms with E-state index in [1.165, 1.54) is 32.2 Å². The number of ether oxygens (including phenoxy) is 2. The van der Waals surface area contributed by atoms with Crippen LogP contribution in [0.15, 0.2) is 35.2 Å². The van der Waals surface area contributed by atoms with Gasteiger partial charge in [0.25, 0.3) is 0 Å². The van der Waals surface area contributed by atoms with E-state index in [1.54, 1.807) is 29.7 Å². The highest BCUT2D eigenvalue weighted by Gasteiger charge is 2.38. The maximum absolute atomic E-state index is 14.3. The van der Waals surface area contributed by atoms with Gasteiger partial charge in [0.05, 0.1) is 61.1 Å². The lowest BCUT2D eigenvalue weighted by atomic mass is 9.80. The number of amides is 4. The van der Waals surface area contributed by atoms with E-state index >= 15 is 0 Å². The molecule has 1 saturated carbocycles. The molecule has 0 bridgehead atoms. The van der Waals surface area contributed by atoms with Crippen LogP contribution >= 0.6 is 11.3 Å². The zero-order valence-electron chi connectivity index (χ0n) is 31.0. The van der Waals surface area contributed by atoms with Gasteiger partial charge in [-0.3, -0.25) is 19.2 Å². The maximum Gasteiger partial charge on any atom is 0.243 e. The summed E-state index contributed by atoms with van der Waals surface area (Å²) in [4.78, 5) is 60.7. The molecule has 5 N–H and O–H groups in total. The molecule has 2 heterocycles. The molecule has 13 nitrogen and oxygen atoms in total. The predicted molar refractivity (Wildman–Crippen MR) is 198 cm³/mol. The number of aromatic nitrogens is 1. The predicted octanol–water partition coefficient (Wildman–Crippen LogP) is 2.63. The van der Waals surface area contributed by atoms with E-state index < -0.39 is 53.3 Å². The summed E-state index contributed by atoms with van der Waals surface area (Å²) in [5.41, 5.74) is 1.70. The first-order valence-corrected chi connectivity index (χ1v) is 19.4. The Bertz CT molecular complexity index is 1420. The van der Waals surface area contributed by atoms with Crippen LogP contribution in [0.25, 0.3) is 0 Å². The standard InChI is InChI=1S/C38H57N5O8S/c1-38(2,49)30(36(47)39-3)22-33(44)31(19-25-8-6-5-7-9-25)41-37(48)32(21-28-23-52-24-40-28)42-35(46)27(18-26-10-12-29(50-4)13-11-26)20-34(45)43-14-16-51-17-15-43/h10-13,23-25,27,30-33,44,49H,5-9,14-22H2,1-4H3,(H,39,47)(H,41,48)(H,42,46)/t27?,30-,31+,32+,33+/m1/s1. The lowest BCUT2D eigenvalue weighted by molar-refractivity contribution is -0.140. The van der Waals surface area contributed by atoms with Gasteiger partial charge in [-0.05, 0) is 56.7 Å². The summed E-state index contributed by atoms with van der Waals surface area (Å²) in [5.74, 6) is -2.28. The minimum atomic E-state index is -1.42. The fourth-order valence-electron chi connectivity index (χ4n) is 7.18. The van der Waals surface area contributed by atoms with E-state index in [0.29, 0.717) is 44.2 Å². The zero-order chi connectivity index (χ0) is 37.7. The van der Waals surface area contributed by atoms with Gasteiger partial charge < -0.3 is 40.5 Å². The largest absolute Gasteiger partial charge is 0.497 e. The molecule has 2 fully saturated rings. The molecule has 1 aliphatic heterocycles. The Hall–Kier alpha value is -3.59. The molecule has 2 aromatic rings. The number of thiazole rings is 1. The Morgan fingerprint density at radius 2 is 1.71 bits per heavy atom. The summed E-state index contributed by atoms with van der Waals surface area (Å²) < 4.78 is 10.7. The van der Waals surface area contributed by atoms with Crippen LogP contribution in [0, 0.1) is 17.8 Å². The quantitative estimate of drug-likeness (QED) is 0.154. The number of aliphatic hydroxyl groups is 2. The highest BCUT2D eigenvalue weighted by molar-refractivity contribution is 7.07. The Morgan fingerprint density at radius 3 is 2.31 bits per heavy atom. The summed E-state index contributed by atoms with van der Waals surface area (Å²) in [6.45, 7) is 4.82. The first-order valence-electron chi connectivity index (χ1n) is 18.5. The second kappa shape index (κ2) is 20.0. The third-order valence-corrected chi connectivity index (χ3v) is 11.0. The fourth-order valence-corrected chi connectivity index (χ4v) is 7.75. The van der Waals surface area contributed by atoms with Crippen molar-refractivity contribution in [1.29, 1.82) is 0 Å². The van der Waals surface area contributed by atoms with Crippen molar-refractivity contribution in [1.82, 2.24) is 25.8 Å². The highest BCUT2D eigenvalue weighted by Crippen LogP contribution is 2.30. The zero-order valence-corrected chi connectivity index (χ0v) is 31.8. The molecule has 52 heavy (non-hydrogen) atoms. The van der Waals surface area contributed by atoms with Crippen LogP contribution in [0.1, 0.15) is 76.5 Å². The smallest absolute Gasteiger partial charge is 0.243 e. The number of hydrogen-bond acceptors (Lipinski definition) is 10. The van der Waals surface area contributed by atoms with Crippen LogP contribution in [0.4, 0.5) is 0 Å². The van der Waals surface area contributed by atoms with Crippen molar-refractivity contribution in [2.24, 2.45) is 17.8 Å². The van der Waals surface area contributed by atoms with E-state index in [0.717, 1.165) is 37.7 Å². The van der Waals surface area contributed by atoms with Crippen LogP contribution < -0.4 is 20.7 Å². The molecule has 4 amide bonds. The summed E-state index contributed by atoms with van der Waals surface area (Å²) in [7, 11) is 3.06. The second-order valence-electron chi connectivity index (χ2n) is 14.7. The van der Waals surface area contributed by atoms with Gasteiger partial charge in [0.15, 0.2) is 0 Å². The van der Waals surface area contributed by atoms with Gasteiger partial charge in [0, 0.05) is 38.4 Å². The number of nitrogens with one attached hydrogen (secondary N) is 3. The molecule has 1 saturated heterocycles. The number of rotatable bonds is 18. The maximum atomic E-state index is 14.3. The molecule has 0 radical (unpaired) electrons. The molecule has 1 aliphatic carbocycles. The molecule has 14 heteroatoms. The van der Waals surface area contributed by atoms with Crippen molar-refractivity contribution in [3.05, 3.63) is 46.4 Å². The van der Waals surface area contributed by atoms with Crippen molar-refractivity contribution < 1.29 is 38.9 Å². The first-order chi connectivity index (χ1) is 24.9. The summed E-state index contributed by atoms with van der Waals surface area (Å²) in [6, 6.07) is 5.52. The molecule has 288 valence electrons. The van der Waals surface area contributed by atoms with Crippen LogP contribution in [-0.4, -0.2) is 108 Å². The van der Waals surface area contributed by atoms with E-state index in [-0.39, 0.29) is 37.5 Å². The Balaban J connectivity index is 1.58. The number of morpholine rings is 1. The second-order valence-corrected chi connectivity index (χ2v) is 15.4. The van der Waals surface area contributed by atoms with Gasteiger partial charge >= 0.3 is 0 Å². The molecule has 1 aromatic heterocycles. The molecule has 1 aromatic carbocycles. The molecule has 2 aliphatic rings. The van der Waals surface area contributed by atoms with Gasteiger partial charge in [0.2, 0.25) is 23.6 Å². The number of benzene rings is 1. The lowest BCUT2D eigenvalue weighted by Crippen LogP contribution is -2.56. The van der Waals surface area contributed by atoms with E-state index in [9.17, 15) is 29.4 Å². The first kappa shape index (κ1) is 41.2. The Labute approximate surface area is 311 Å². The van der Waals surface area contributed by atoms with Crippen LogP contribution in [-0.2, 0) is 36.8 Å². The van der Waals surface area contributed by atoms with Gasteiger partial charge in [-0.2, -0.15) is 0 Å². The number of carbonyl (C=O) groups is 4. The van der Waals surface area contributed by atoms with Gasteiger partial charge in [-0.15, -0.1) is 11.3 Å². The minimum absolute atomic E-state index is 0.0518. The van der Waals surface area contributed by atoms with Crippen molar-refractivity contribution in [3.63, 3.8) is 0 Å². The Morgan fingerprint density at radius 1 is 1.02 bits per heavy atom. The minimum Gasteiger partial charge on any atom is -0.497 e. The number of nitrogens with zero attached hydrogens (tertiary/aromatic N) is 2. The molecule has 1 unspecified atom stereocenters. The van der Waals surface area contributed by atoms with Crippen LogP contribution in [0.3, 0.4) is 0 Å². The SMILES string of the molecule is CNC(=O)[C@@H](C[C@H](O)[C@H](CC1CCCCC1)NC(=O)[C@H](Cc1cscn1)NC(=O)C(CC(=O)N1CCOCC1)Cc1ccc(OC)cc1)C(C)(C)O. The number of aliphatic hydroxyl groups excluding tert-OH is 1. The molecular weight excluding hydrogens is 687 g/mol. The van der Waals surface area contributed by atoms with E-state index in [4.69, 9.17) is 9.47 Å². The summed E-state index contributed by atoms with van der Waals surface area (Å²) >= 11 is 1.38. The van der Waals surface area contributed by atoms with Crippen molar-refractivity contribution in [2.75, 3.05) is 40.5 Å². The molecule has 4 rings (SSSR count). The fraction of sp³-hybridized carbons (Fsp3) is 0.658. The average molecular weight is 744 g/mol. The van der Waals surface area contributed by atoms with Crippen molar-refractivity contribution in [2.45, 2.75) is 102 Å². The summed E-state index contributed by atoms with van der Waals surface area (Å²) in [5, 5.41) is 32.9. The lowest BCUT2D eigenvalue weighted by Gasteiger charge is -2.35. The number of hydrogen-bond donors (Lipinski definition) is 5. The average Bonchev–Trinajstić information content (AvgIpc) is 3.66. The highest BCUT2D eigenvalue weighted by atomic mass is 32.1. The topological polar surface area (TPSA) is 179 Å².